The summed E-state index contributed by atoms with van der Waals surface area (Å²) in [6, 6.07) is 6.68. The second-order valence-corrected chi connectivity index (χ2v) is 4.79. The smallest absolute Gasteiger partial charge is 0.306 e. The highest BCUT2D eigenvalue weighted by Crippen LogP contribution is 2.27. The normalized spacial score (nSPS) is 12.2. The van der Waals surface area contributed by atoms with Crippen molar-refractivity contribution in [1.29, 1.82) is 0 Å². The molecule has 0 saturated carbocycles. The number of benzene rings is 1. The Kier molecular flexibility index (Phi) is 7.16. The second kappa shape index (κ2) is 8.68. The lowest BCUT2D eigenvalue weighted by Crippen LogP contribution is -2.12. The Morgan fingerprint density at radius 2 is 2.00 bits per heavy atom. The summed E-state index contributed by atoms with van der Waals surface area (Å²) in [5.41, 5.74) is 0.622. The van der Waals surface area contributed by atoms with Crippen LogP contribution < -0.4 is 0 Å². The Morgan fingerprint density at radius 1 is 1.26 bits per heavy atom. The summed E-state index contributed by atoms with van der Waals surface area (Å²) in [6.45, 7) is 4.55. The number of rotatable bonds is 8. The predicted molar refractivity (Wildman–Crippen MR) is 74.5 cm³/mol. The van der Waals surface area contributed by atoms with Gasteiger partial charge in [-0.25, -0.2) is 4.39 Å². The van der Waals surface area contributed by atoms with Gasteiger partial charge in [0.25, 0.3) is 0 Å². The van der Waals surface area contributed by atoms with Gasteiger partial charge in [0.2, 0.25) is 0 Å². The Bertz CT molecular complexity index is 390. The first-order valence-electron chi connectivity index (χ1n) is 7.09. The number of esters is 1. The third kappa shape index (κ3) is 5.41. The standard InChI is InChI=1S/C16H23FO2/c1-3-5-11-19-16(18)12-13(8-4-2)14-9-6-7-10-15(14)17/h6-7,9-10,13H,3-5,8,11-12H2,1-2H3. The molecule has 0 spiro atoms. The molecule has 0 aliphatic rings. The molecule has 2 nitrogen and oxygen atoms in total. The maximum Gasteiger partial charge on any atom is 0.306 e. The third-order valence-corrected chi connectivity index (χ3v) is 3.16. The van der Waals surface area contributed by atoms with Gasteiger partial charge in [0.15, 0.2) is 0 Å². The zero-order valence-electron chi connectivity index (χ0n) is 11.8. The summed E-state index contributed by atoms with van der Waals surface area (Å²) >= 11 is 0. The summed E-state index contributed by atoms with van der Waals surface area (Å²) < 4.78 is 18.9. The molecule has 1 unspecified atom stereocenters. The molecule has 106 valence electrons. The molecule has 1 atom stereocenters. The van der Waals surface area contributed by atoms with Crippen LogP contribution >= 0.6 is 0 Å². The van der Waals surface area contributed by atoms with E-state index in [0.717, 1.165) is 25.7 Å². The molecule has 0 amide bonds. The first kappa shape index (κ1) is 15.7. The van der Waals surface area contributed by atoms with Gasteiger partial charge in [0.05, 0.1) is 13.0 Å². The molecular weight excluding hydrogens is 243 g/mol. The van der Waals surface area contributed by atoms with E-state index < -0.39 is 0 Å². The van der Waals surface area contributed by atoms with Gasteiger partial charge >= 0.3 is 5.97 Å². The van der Waals surface area contributed by atoms with E-state index in [2.05, 4.69) is 0 Å². The maximum absolute atomic E-state index is 13.8. The van der Waals surface area contributed by atoms with Crippen LogP contribution in [0.25, 0.3) is 0 Å². The van der Waals surface area contributed by atoms with Crippen LogP contribution in [0.4, 0.5) is 4.39 Å². The molecule has 1 aromatic carbocycles. The number of halogens is 1. The molecule has 1 aromatic rings. The van der Waals surface area contributed by atoms with Crippen LogP contribution in [0, 0.1) is 5.82 Å². The van der Waals surface area contributed by atoms with E-state index in [1.54, 1.807) is 12.1 Å². The Hall–Kier alpha value is -1.38. The van der Waals surface area contributed by atoms with E-state index in [4.69, 9.17) is 4.74 Å². The Morgan fingerprint density at radius 3 is 2.63 bits per heavy atom. The topological polar surface area (TPSA) is 26.3 Å². The van der Waals surface area contributed by atoms with Gasteiger partial charge in [0, 0.05) is 0 Å². The van der Waals surface area contributed by atoms with Gasteiger partial charge in [-0.2, -0.15) is 0 Å². The number of hydrogen-bond acceptors (Lipinski definition) is 2. The first-order chi connectivity index (χ1) is 9.19. The third-order valence-electron chi connectivity index (χ3n) is 3.16. The van der Waals surface area contributed by atoms with Gasteiger partial charge in [-0.05, 0) is 30.4 Å². The molecule has 3 heteroatoms. The molecule has 0 heterocycles. The summed E-state index contributed by atoms with van der Waals surface area (Å²) in [6.07, 6.45) is 3.85. The van der Waals surface area contributed by atoms with E-state index in [9.17, 15) is 9.18 Å². The largest absolute Gasteiger partial charge is 0.466 e. The zero-order chi connectivity index (χ0) is 14.1. The summed E-state index contributed by atoms with van der Waals surface area (Å²) in [7, 11) is 0. The Balaban J connectivity index is 2.63. The molecule has 0 aliphatic heterocycles. The number of carbonyl (C=O) groups excluding carboxylic acids is 1. The van der Waals surface area contributed by atoms with E-state index in [1.807, 2.05) is 19.9 Å². The minimum absolute atomic E-state index is 0.0830. The molecule has 19 heavy (non-hydrogen) atoms. The lowest BCUT2D eigenvalue weighted by molar-refractivity contribution is -0.144. The molecule has 0 bridgehead atoms. The fourth-order valence-corrected chi connectivity index (χ4v) is 2.11. The van der Waals surface area contributed by atoms with Crippen molar-refractivity contribution in [3.8, 4) is 0 Å². The van der Waals surface area contributed by atoms with Crippen LogP contribution in [-0.4, -0.2) is 12.6 Å². The number of carbonyl (C=O) groups is 1. The fourth-order valence-electron chi connectivity index (χ4n) is 2.11. The number of ether oxygens (including phenoxy) is 1. The molecule has 0 aromatic heterocycles. The highest BCUT2D eigenvalue weighted by molar-refractivity contribution is 5.70. The van der Waals surface area contributed by atoms with Crippen molar-refractivity contribution in [3.63, 3.8) is 0 Å². The molecule has 0 saturated heterocycles. The van der Waals surface area contributed by atoms with Crippen molar-refractivity contribution in [3.05, 3.63) is 35.6 Å². The average molecular weight is 266 g/mol. The van der Waals surface area contributed by atoms with Crippen LogP contribution in [0.1, 0.15) is 57.4 Å². The van der Waals surface area contributed by atoms with Crippen molar-refractivity contribution in [2.45, 2.75) is 51.9 Å². The van der Waals surface area contributed by atoms with Crippen LogP contribution in [0.15, 0.2) is 24.3 Å². The monoisotopic (exact) mass is 266 g/mol. The van der Waals surface area contributed by atoms with Crippen molar-refractivity contribution in [2.75, 3.05) is 6.61 Å². The average Bonchev–Trinajstić information content (AvgIpc) is 2.39. The molecule has 0 aliphatic carbocycles. The minimum Gasteiger partial charge on any atom is -0.466 e. The SMILES string of the molecule is CCCCOC(=O)CC(CCC)c1ccccc1F. The molecule has 0 fully saturated rings. The molecule has 0 N–H and O–H groups in total. The van der Waals surface area contributed by atoms with Gasteiger partial charge in [-0.1, -0.05) is 44.9 Å². The van der Waals surface area contributed by atoms with E-state index >= 15 is 0 Å². The maximum atomic E-state index is 13.8. The summed E-state index contributed by atoms with van der Waals surface area (Å²) in [5, 5.41) is 0. The van der Waals surface area contributed by atoms with Gasteiger partial charge in [0.1, 0.15) is 5.82 Å². The predicted octanol–water partition coefficient (Wildman–Crippen LogP) is 4.44. The van der Waals surface area contributed by atoms with Crippen molar-refractivity contribution < 1.29 is 13.9 Å². The van der Waals surface area contributed by atoms with E-state index in [0.29, 0.717) is 12.2 Å². The van der Waals surface area contributed by atoms with Crippen molar-refractivity contribution in [2.24, 2.45) is 0 Å². The molecule has 0 radical (unpaired) electrons. The van der Waals surface area contributed by atoms with Crippen molar-refractivity contribution >= 4 is 5.97 Å². The second-order valence-electron chi connectivity index (χ2n) is 4.79. The Labute approximate surface area is 115 Å². The van der Waals surface area contributed by atoms with Crippen molar-refractivity contribution in [1.82, 2.24) is 0 Å². The molecular formula is C16H23FO2. The quantitative estimate of drug-likeness (QED) is 0.513. The zero-order valence-corrected chi connectivity index (χ0v) is 11.8. The van der Waals surface area contributed by atoms with Crippen LogP contribution in [0.3, 0.4) is 0 Å². The highest BCUT2D eigenvalue weighted by Gasteiger charge is 2.19. The highest BCUT2D eigenvalue weighted by atomic mass is 19.1. The van der Waals surface area contributed by atoms with Gasteiger partial charge < -0.3 is 4.74 Å². The first-order valence-corrected chi connectivity index (χ1v) is 7.09. The lowest BCUT2D eigenvalue weighted by atomic mass is 9.91. The van der Waals surface area contributed by atoms with Gasteiger partial charge in [-0.3, -0.25) is 4.79 Å². The summed E-state index contributed by atoms with van der Waals surface area (Å²) in [5.74, 6) is -0.544. The van der Waals surface area contributed by atoms with E-state index in [1.165, 1.54) is 6.07 Å². The number of hydrogen-bond donors (Lipinski definition) is 0. The van der Waals surface area contributed by atoms with E-state index in [-0.39, 0.29) is 24.1 Å². The minimum atomic E-state index is -0.234. The summed E-state index contributed by atoms with van der Waals surface area (Å²) in [4.78, 5) is 11.7. The fraction of sp³-hybridized carbons (Fsp3) is 0.562. The van der Waals surface area contributed by atoms with Crippen LogP contribution in [0.2, 0.25) is 0 Å². The van der Waals surface area contributed by atoms with Gasteiger partial charge in [-0.15, -0.1) is 0 Å². The molecule has 1 rings (SSSR count). The number of unbranched alkanes of at least 4 members (excludes halogenated alkanes) is 1. The lowest BCUT2D eigenvalue weighted by Gasteiger charge is -2.16. The van der Waals surface area contributed by atoms with Crippen LogP contribution in [-0.2, 0) is 9.53 Å². The van der Waals surface area contributed by atoms with Crippen LogP contribution in [0.5, 0.6) is 0 Å².